The first-order valence-corrected chi connectivity index (χ1v) is 14.1. The Kier molecular flexibility index (Phi) is 7.29. The lowest BCUT2D eigenvalue weighted by molar-refractivity contribution is 0.531. The minimum atomic E-state index is -0.336. The Morgan fingerprint density at radius 2 is 1.17 bits per heavy atom. The lowest BCUT2D eigenvalue weighted by atomic mass is 10.0. The molecule has 2 heteroatoms. The lowest BCUT2D eigenvalue weighted by Gasteiger charge is -2.49. The molecular formula is C27H40P2. The standard InChI is InChI=1S/C27H40P2/c1-21(24-19-14-20-25(24)29(26(2,3)4)27(5,6)7)28(22-15-10-8-11-16-22)23-17-12-9-13-18-23/h8-13,15-18,21,24-25H,14,19-20H2,1-7H3/t21-,24?,25?/m0/s1. The normalized spacial score (nSPS) is 21.7. The van der Waals surface area contributed by atoms with E-state index in [1.165, 1.54) is 19.3 Å². The predicted octanol–water partition coefficient (Wildman–Crippen LogP) is 7.76. The first-order chi connectivity index (χ1) is 13.6. The SMILES string of the molecule is C[C@@H](C1CCCC1P(C(C)(C)C)C(C)(C)C)P(c1ccccc1)c1ccccc1. The van der Waals surface area contributed by atoms with E-state index < -0.39 is 0 Å². The van der Waals surface area contributed by atoms with Gasteiger partial charge in [0.15, 0.2) is 0 Å². The van der Waals surface area contributed by atoms with Crippen molar-refractivity contribution in [2.45, 2.75) is 89.4 Å². The molecule has 0 bridgehead atoms. The van der Waals surface area contributed by atoms with Crippen LogP contribution in [0.25, 0.3) is 0 Å². The first kappa shape index (κ1) is 23.0. The van der Waals surface area contributed by atoms with E-state index >= 15 is 0 Å². The van der Waals surface area contributed by atoms with Crippen molar-refractivity contribution in [2.24, 2.45) is 5.92 Å². The highest BCUT2D eigenvalue weighted by molar-refractivity contribution is 7.73. The molecule has 2 aromatic carbocycles. The van der Waals surface area contributed by atoms with Crippen LogP contribution in [0.2, 0.25) is 0 Å². The second-order valence-electron chi connectivity index (χ2n) is 10.7. The van der Waals surface area contributed by atoms with E-state index in [2.05, 4.69) is 109 Å². The van der Waals surface area contributed by atoms with Crippen LogP contribution in [0.3, 0.4) is 0 Å². The van der Waals surface area contributed by atoms with Crippen molar-refractivity contribution in [3.8, 4) is 0 Å². The second-order valence-corrected chi connectivity index (χ2v) is 17.3. The Balaban J connectivity index is 2.00. The van der Waals surface area contributed by atoms with Crippen molar-refractivity contribution in [2.75, 3.05) is 0 Å². The molecule has 2 aromatic rings. The van der Waals surface area contributed by atoms with Crippen molar-refractivity contribution < 1.29 is 0 Å². The maximum Gasteiger partial charge on any atom is -0.0123 e. The van der Waals surface area contributed by atoms with Gasteiger partial charge in [-0.25, -0.2) is 0 Å². The van der Waals surface area contributed by atoms with Crippen molar-refractivity contribution >= 4 is 26.5 Å². The molecule has 0 radical (unpaired) electrons. The van der Waals surface area contributed by atoms with Gasteiger partial charge in [0, 0.05) is 0 Å². The van der Waals surface area contributed by atoms with Crippen LogP contribution in [0.15, 0.2) is 60.7 Å². The zero-order valence-corrected chi connectivity index (χ0v) is 21.3. The molecule has 1 aliphatic carbocycles. The number of rotatable bonds is 5. The van der Waals surface area contributed by atoms with Gasteiger partial charge in [-0.2, -0.15) is 0 Å². The van der Waals surface area contributed by atoms with Gasteiger partial charge in [-0.3, -0.25) is 0 Å². The van der Waals surface area contributed by atoms with Gasteiger partial charge < -0.3 is 0 Å². The summed E-state index contributed by atoms with van der Waals surface area (Å²) in [6, 6.07) is 22.7. The van der Waals surface area contributed by atoms with Gasteiger partial charge in [0.05, 0.1) is 0 Å². The molecule has 3 atom stereocenters. The molecule has 0 aromatic heterocycles. The molecule has 3 rings (SSSR count). The third-order valence-corrected chi connectivity index (χ3v) is 13.5. The summed E-state index contributed by atoms with van der Waals surface area (Å²) in [5.74, 6) is 0.839. The molecule has 0 amide bonds. The Bertz CT molecular complexity index is 701. The summed E-state index contributed by atoms with van der Waals surface area (Å²) in [6.07, 6.45) is 4.26. The van der Waals surface area contributed by atoms with Gasteiger partial charge >= 0.3 is 0 Å². The first-order valence-electron chi connectivity index (χ1n) is 11.3. The van der Waals surface area contributed by atoms with Crippen LogP contribution >= 0.6 is 15.8 Å². The molecule has 0 N–H and O–H groups in total. The largest absolute Gasteiger partial charge is 0.0921 e. The van der Waals surface area contributed by atoms with Gasteiger partial charge in [0.2, 0.25) is 0 Å². The molecule has 0 heterocycles. The summed E-state index contributed by atoms with van der Waals surface area (Å²) in [7, 11) is -0.404. The molecule has 2 unspecified atom stereocenters. The smallest absolute Gasteiger partial charge is 0.0123 e. The summed E-state index contributed by atoms with van der Waals surface area (Å²) in [5, 5.41) is 3.90. The van der Waals surface area contributed by atoms with Gasteiger partial charge in [0.25, 0.3) is 0 Å². The third-order valence-electron chi connectivity index (χ3n) is 6.40. The average Bonchev–Trinajstić information content (AvgIpc) is 3.10. The summed E-state index contributed by atoms with van der Waals surface area (Å²) in [5.41, 5.74) is 1.61. The van der Waals surface area contributed by atoms with Crippen molar-refractivity contribution in [3.05, 3.63) is 60.7 Å². The van der Waals surface area contributed by atoms with E-state index in [1.54, 1.807) is 10.6 Å². The minimum Gasteiger partial charge on any atom is -0.0921 e. The fraction of sp³-hybridized carbons (Fsp3) is 0.556. The van der Waals surface area contributed by atoms with E-state index in [4.69, 9.17) is 0 Å². The van der Waals surface area contributed by atoms with Crippen LogP contribution in [0.1, 0.15) is 67.7 Å². The highest BCUT2D eigenvalue weighted by atomic mass is 31.1. The quantitative estimate of drug-likeness (QED) is 0.429. The second kappa shape index (κ2) is 9.20. The molecule has 0 aliphatic heterocycles. The Labute approximate surface area is 182 Å². The average molecular weight is 427 g/mol. The fourth-order valence-electron chi connectivity index (χ4n) is 5.84. The monoisotopic (exact) mass is 426 g/mol. The van der Waals surface area contributed by atoms with Crippen LogP contribution in [-0.2, 0) is 0 Å². The van der Waals surface area contributed by atoms with Crippen LogP contribution in [0, 0.1) is 5.92 Å². The Morgan fingerprint density at radius 3 is 1.59 bits per heavy atom. The van der Waals surface area contributed by atoms with Gasteiger partial charge in [-0.15, -0.1) is 0 Å². The highest BCUT2D eigenvalue weighted by Crippen LogP contribution is 2.68. The maximum absolute atomic E-state index is 2.58. The Morgan fingerprint density at radius 1 is 0.724 bits per heavy atom. The van der Waals surface area contributed by atoms with Crippen LogP contribution < -0.4 is 10.6 Å². The zero-order chi connectivity index (χ0) is 21.2. The van der Waals surface area contributed by atoms with Crippen molar-refractivity contribution in [1.29, 1.82) is 0 Å². The molecule has 158 valence electrons. The highest BCUT2D eigenvalue weighted by Gasteiger charge is 2.47. The van der Waals surface area contributed by atoms with Crippen LogP contribution in [0.4, 0.5) is 0 Å². The van der Waals surface area contributed by atoms with Crippen LogP contribution in [-0.4, -0.2) is 21.6 Å². The molecular weight excluding hydrogens is 386 g/mol. The molecule has 1 fully saturated rings. The zero-order valence-electron chi connectivity index (χ0n) is 19.5. The van der Waals surface area contributed by atoms with Crippen molar-refractivity contribution in [3.63, 3.8) is 0 Å². The van der Waals surface area contributed by atoms with E-state index in [9.17, 15) is 0 Å². The van der Waals surface area contributed by atoms with Crippen LogP contribution in [0.5, 0.6) is 0 Å². The van der Waals surface area contributed by atoms with Gasteiger partial charge in [-0.1, -0.05) is 123 Å². The molecule has 1 aliphatic rings. The summed E-state index contributed by atoms with van der Waals surface area (Å²) in [6.45, 7) is 17.6. The van der Waals surface area contributed by atoms with E-state index in [-0.39, 0.29) is 15.8 Å². The lowest BCUT2D eigenvalue weighted by Crippen LogP contribution is -2.37. The fourth-order valence-corrected chi connectivity index (χ4v) is 14.2. The molecule has 0 spiro atoms. The van der Waals surface area contributed by atoms with E-state index in [0.29, 0.717) is 10.3 Å². The van der Waals surface area contributed by atoms with Gasteiger partial charge in [-0.05, 0) is 58.9 Å². The van der Waals surface area contributed by atoms with E-state index in [1.807, 2.05) is 0 Å². The predicted molar refractivity (Wildman–Crippen MR) is 136 cm³/mol. The van der Waals surface area contributed by atoms with E-state index in [0.717, 1.165) is 17.2 Å². The molecule has 0 saturated heterocycles. The number of benzene rings is 2. The summed E-state index contributed by atoms with van der Waals surface area (Å²) < 4.78 is 0. The third kappa shape index (κ3) is 5.32. The van der Waals surface area contributed by atoms with Crippen molar-refractivity contribution in [1.82, 2.24) is 0 Å². The summed E-state index contributed by atoms with van der Waals surface area (Å²) >= 11 is 0. The van der Waals surface area contributed by atoms with Gasteiger partial charge in [0.1, 0.15) is 0 Å². The number of hydrogen-bond donors (Lipinski definition) is 0. The molecule has 29 heavy (non-hydrogen) atoms. The molecule has 1 saturated carbocycles. The number of hydrogen-bond acceptors (Lipinski definition) is 0. The molecule has 0 nitrogen and oxygen atoms in total. The topological polar surface area (TPSA) is 0 Å². The minimum absolute atomic E-state index is 0.0678. The maximum atomic E-state index is 2.58. The summed E-state index contributed by atoms with van der Waals surface area (Å²) in [4.78, 5) is 0. The Hall–Kier alpha value is -0.700.